The molecule has 4 nitrogen and oxygen atoms in total. The van der Waals surface area contributed by atoms with E-state index in [9.17, 15) is 4.79 Å². The van der Waals surface area contributed by atoms with Crippen LogP contribution in [0.5, 0.6) is 0 Å². The second-order valence-electron chi connectivity index (χ2n) is 4.84. The molecule has 4 heteroatoms. The second-order valence-corrected chi connectivity index (χ2v) is 4.84. The number of rotatable bonds is 9. The first-order valence-electron chi connectivity index (χ1n) is 7.11. The summed E-state index contributed by atoms with van der Waals surface area (Å²) in [7, 11) is 1.63. The molecular formula is C16H25NO3. The maximum absolute atomic E-state index is 12.5. The number of aliphatic hydroxyl groups is 1. The number of ketones is 1. The van der Waals surface area contributed by atoms with E-state index in [2.05, 4.69) is 6.92 Å². The molecule has 0 bridgehead atoms. The van der Waals surface area contributed by atoms with Crippen LogP contribution >= 0.6 is 0 Å². The molecule has 0 fully saturated rings. The number of ether oxygens (including phenoxy) is 1. The fourth-order valence-electron chi connectivity index (χ4n) is 2.15. The lowest BCUT2D eigenvalue weighted by atomic mass is 10.0. The van der Waals surface area contributed by atoms with Gasteiger partial charge >= 0.3 is 0 Å². The Labute approximate surface area is 121 Å². The van der Waals surface area contributed by atoms with Gasteiger partial charge in [-0.25, -0.2) is 0 Å². The van der Waals surface area contributed by atoms with Crippen LogP contribution in [0.2, 0.25) is 0 Å². The molecule has 112 valence electrons. The van der Waals surface area contributed by atoms with Crippen molar-refractivity contribution in [3.05, 3.63) is 35.4 Å². The molecule has 0 amide bonds. The van der Waals surface area contributed by atoms with Crippen LogP contribution in [0.1, 0.15) is 29.8 Å². The minimum absolute atomic E-state index is 0.0378. The zero-order valence-corrected chi connectivity index (χ0v) is 12.6. The highest BCUT2D eigenvalue weighted by Crippen LogP contribution is 2.11. The van der Waals surface area contributed by atoms with Gasteiger partial charge in [-0.3, -0.25) is 9.69 Å². The Morgan fingerprint density at radius 2 is 1.95 bits per heavy atom. The maximum atomic E-state index is 12.5. The third kappa shape index (κ3) is 4.71. The minimum Gasteiger partial charge on any atom is -0.395 e. The van der Waals surface area contributed by atoms with Crippen molar-refractivity contribution in [1.29, 1.82) is 0 Å². The third-order valence-electron chi connectivity index (χ3n) is 3.54. The van der Waals surface area contributed by atoms with Crippen LogP contribution in [0.3, 0.4) is 0 Å². The van der Waals surface area contributed by atoms with Crippen molar-refractivity contribution in [1.82, 2.24) is 4.90 Å². The molecule has 0 aliphatic carbocycles. The van der Waals surface area contributed by atoms with Crippen molar-refractivity contribution in [3.8, 4) is 0 Å². The number of methoxy groups -OCH3 is 1. The summed E-state index contributed by atoms with van der Waals surface area (Å²) in [4.78, 5) is 14.4. The molecule has 0 heterocycles. The molecule has 1 aromatic rings. The van der Waals surface area contributed by atoms with Crippen LogP contribution in [0.15, 0.2) is 24.3 Å². The average Bonchev–Trinajstić information content (AvgIpc) is 2.50. The van der Waals surface area contributed by atoms with E-state index in [1.165, 1.54) is 5.56 Å². The summed E-state index contributed by atoms with van der Waals surface area (Å²) in [6.45, 7) is 5.66. The molecule has 0 saturated heterocycles. The molecule has 0 aliphatic heterocycles. The third-order valence-corrected chi connectivity index (χ3v) is 3.54. The number of aliphatic hydroxyl groups excluding tert-OH is 1. The van der Waals surface area contributed by atoms with Gasteiger partial charge in [-0.2, -0.15) is 0 Å². The first-order valence-corrected chi connectivity index (χ1v) is 7.11. The molecule has 0 radical (unpaired) electrons. The number of nitrogens with zero attached hydrogens (tertiary/aromatic N) is 1. The SMILES string of the molecule is CCc1ccc(C(=O)C(C)N(CCO)CCOC)cc1. The molecule has 1 unspecified atom stereocenters. The van der Waals surface area contributed by atoms with Crippen molar-refractivity contribution in [2.24, 2.45) is 0 Å². The fourth-order valence-corrected chi connectivity index (χ4v) is 2.15. The van der Waals surface area contributed by atoms with E-state index < -0.39 is 0 Å². The first kappa shape index (κ1) is 16.8. The summed E-state index contributed by atoms with van der Waals surface area (Å²) >= 11 is 0. The van der Waals surface area contributed by atoms with Gasteiger partial charge in [0.15, 0.2) is 5.78 Å². The molecule has 0 spiro atoms. The summed E-state index contributed by atoms with van der Waals surface area (Å²) in [6, 6.07) is 7.48. The van der Waals surface area contributed by atoms with Crippen molar-refractivity contribution in [2.45, 2.75) is 26.3 Å². The summed E-state index contributed by atoms with van der Waals surface area (Å²) in [6.07, 6.45) is 0.967. The Hall–Kier alpha value is -1.23. The Bertz CT molecular complexity index is 403. The van der Waals surface area contributed by atoms with Crippen LogP contribution in [0, 0.1) is 0 Å². The van der Waals surface area contributed by atoms with Gasteiger partial charge in [-0.15, -0.1) is 0 Å². The highest BCUT2D eigenvalue weighted by molar-refractivity contribution is 5.99. The molecular weight excluding hydrogens is 254 g/mol. The zero-order chi connectivity index (χ0) is 15.0. The number of carbonyl (C=O) groups is 1. The zero-order valence-electron chi connectivity index (χ0n) is 12.6. The molecule has 1 aromatic carbocycles. The lowest BCUT2D eigenvalue weighted by molar-refractivity contribution is 0.0730. The highest BCUT2D eigenvalue weighted by atomic mass is 16.5. The summed E-state index contributed by atoms with van der Waals surface area (Å²) in [5.74, 6) is 0.0807. The summed E-state index contributed by atoms with van der Waals surface area (Å²) in [5, 5.41) is 9.11. The van der Waals surface area contributed by atoms with E-state index in [1.807, 2.05) is 36.1 Å². The lowest BCUT2D eigenvalue weighted by Gasteiger charge is -2.27. The predicted molar refractivity (Wildman–Crippen MR) is 80.1 cm³/mol. The Morgan fingerprint density at radius 3 is 2.45 bits per heavy atom. The topological polar surface area (TPSA) is 49.8 Å². The number of hydrogen-bond acceptors (Lipinski definition) is 4. The fraction of sp³-hybridized carbons (Fsp3) is 0.562. The molecule has 0 aromatic heterocycles. The van der Waals surface area contributed by atoms with Gasteiger partial charge < -0.3 is 9.84 Å². The van der Waals surface area contributed by atoms with Gasteiger partial charge in [-0.05, 0) is 18.9 Å². The second kappa shape index (κ2) is 8.84. The normalized spacial score (nSPS) is 12.7. The van der Waals surface area contributed by atoms with E-state index in [-0.39, 0.29) is 18.4 Å². The quantitative estimate of drug-likeness (QED) is 0.700. The predicted octanol–water partition coefficient (Wildman–Crippen LogP) is 1.76. The van der Waals surface area contributed by atoms with Crippen LogP contribution in [-0.4, -0.2) is 55.2 Å². The first-order chi connectivity index (χ1) is 9.63. The van der Waals surface area contributed by atoms with E-state index in [1.54, 1.807) is 7.11 Å². The smallest absolute Gasteiger partial charge is 0.179 e. The molecule has 1 atom stereocenters. The largest absolute Gasteiger partial charge is 0.395 e. The van der Waals surface area contributed by atoms with E-state index in [0.717, 1.165) is 12.0 Å². The lowest BCUT2D eigenvalue weighted by Crippen LogP contribution is -2.42. The Balaban J connectivity index is 2.75. The number of aryl methyl sites for hydroxylation is 1. The maximum Gasteiger partial charge on any atom is 0.179 e. The van der Waals surface area contributed by atoms with Crippen molar-refractivity contribution < 1.29 is 14.6 Å². The number of Topliss-reactive ketones (excluding diaryl/α,β-unsaturated/α-hetero) is 1. The summed E-state index contributed by atoms with van der Waals surface area (Å²) in [5.41, 5.74) is 1.94. The van der Waals surface area contributed by atoms with Gasteiger partial charge in [-0.1, -0.05) is 31.2 Å². The average molecular weight is 279 g/mol. The van der Waals surface area contributed by atoms with Crippen LogP contribution in [-0.2, 0) is 11.2 Å². The minimum atomic E-state index is -0.259. The standard InChI is InChI=1S/C16H25NO3/c1-4-14-5-7-15(8-6-14)16(19)13(2)17(9-11-18)10-12-20-3/h5-8,13,18H,4,9-12H2,1-3H3. The van der Waals surface area contributed by atoms with Gasteiger partial charge in [0.25, 0.3) is 0 Å². The molecule has 20 heavy (non-hydrogen) atoms. The van der Waals surface area contributed by atoms with E-state index in [0.29, 0.717) is 19.7 Å². The van der Waals surface area contributed by atoms with Gasteiger partial charge in [0.1, 0.15) is 0 Å². The Kier molecular flexibility index (Phi) is 7.44. The van der Waals surface area contributed by atoms with Crippen molar-refractivity contribution >= 4 is 5.78 Å². The van der Waals surface area contributed by atoms with Gasteiger partial charge in [0.05, 0.1) is 19.3 Å². The molecule has 1 rings (SSSR count). The Morgan fingerprint density at radius 1 is 1.30 bits per heavy atom. The van der Waals surface area contributed by atoms with Crippen LogP contribution in [0.25, 0.3) is 0 Å². The van der Waals surface area contributed by atoms with E-state index in [4.69, 9.17) is 9.84 Å². The van der Waals surface area contributed by atoms with E-state index >= 15 is 0 Å². The molecule has 1 N–H and O–H groups in total. The number of hydrogen-bond donors (Lipinski definition) is 1. The van der Waals surface area contributed by atoms with Crippen LogP contribution in [0.4, 0.5) is 0 Å². The number of benzene rings is 1. The van der Waals surface area contributed by atoms with Crippen molar-refractivity contribution in [2.75, 3.05) is 33.4 Å². The summed E-state index contributed by atoms with van der Waals surface area (Å²) < 4.78 is 5.05. The molecule has 0 saturated carbocycles. The van der Waals surface area contributed by atoms with Crippen molar-refractivity contribution in [3.63, 3.8) is 0 Å². The molecule has 0 aliphatic rings. The highest BCUT2D eigenvalue weighted by Gasteiger charge is 2.21. The van der Waals surface area contributed by atoms with Gasteiger partial charge in [0.2, 0.25) is 0 Å². The van der Waals surface area contributed by atoms with Crippen LogP contribution < -0.4 is 0 Å². The number of carbonyl (C=O) groups excluding carboxylic acids is 1. The van der Waals surface area contributed by atoms with Gasteiger partial charge in [0, 0.05) is 25.8 Å². The monoisotopic (exact) mass is 279 g/mol.